The Hall–Kier alpha value is -3.22. The zero-order chi connectivity index (χ0) is 19.8. The fourth-order valence-corrected chi connectivity index (χ4v) is 3.44. The van der Waals surface area contributed by atoms with Crippen LogP contribution in [0.3, 0.4) is 0 Å². The molecule has 1 saturated heterocycles. The van der Waals surface area contributed by atoms with Crippen molar-refractivity contribution in [2.24, 2.45) is 0 Å². The molecule has 0 saturated carbocycles. The third-order valence-corrected chi connectivity index (χ3v) is 5.06. The average molecular weight is 384 g/mol. The van der Waals surface area contributed by atoms with Crippen LogP contribution in [0.4, 0.5) is 8.78 Å². The Morgan fingerprint density at radius 1 is 0.893 bits per heavy atom. The van der Waals surface area contributed by atoms with Crippen LogP contribution in [0.1, 0.15) is 26.5 Å². The maximum atomic E-state index is 13.9. The van der Waals surface area contributed by atoms with Gasteiger partial charge in [0.1, 0.15) is 5.82 Å². The van der Waals surface area contributed by atoms with Crippen molar-refractivity contribution < 1.29 is 22.8 Å². The molecule has 4 rings (SSSR count). The van der Waals surface area contributed by atoms with Crippen molar-refractivity contribution in [3.05, 3.63) is 71.0 Å². The number of fused-ring (bicyclic) bond motifs is 1. The number of nitrogens with zero attached hydrogens (tertiary/aromatic N) is 2. The molecule has 0 atom stereocenters. The third kappa shape index (κ3) is 3.13. The molecule has 144 valence electrons. The summed E-state index contributed by atoms with van der Waals surface area (Å²) in [6.45, 7) is 3.12. The third-order valence-electron chi connectivity index (χ3n) is 5.06. The fourth-order valence-electron chi connectivity index (χ4n) is 3.44. The standard InChI is InChI=1S/C21H18F2N2O3/c1-13-16-3-2-4-17(23)19(16)28-18(13)21(27)25-11-9-24(10-12-25)20(26)14-5-7-15(22)8-6-14/h2-8H,9-12H2,1H3. The maximum Gasteiger partial charge on any atom is 0.290 e. The van der Waals surface area contributed by atoms with Gasteiger partial charge in [0.15, 0.2) is 17.2 Å². The Morgan fingerprint density at radius 3 is 2.11 bits per heavy atom. The van der Waals surface area contributed by atoms with E-state index >= 15 is 0 Å². The predicted molar refractivity (Wildman–Crippen MR) is 99.1 cm³/mol. The molecule has 3 aromatic rings. The first-order valence-electron chi connectivity index (χ1n) is 8.97. The molecule has 28 heavy (non-hydrogen) atoms. The van der Waals surface area contributed by atoms with E-state index in [0.29, 0.717) is 42.7 Å². The largest absolute Gasteiger partial charge is 0.448 e. The summed E-state index contributed by atoms with van der Waals surface area (Å²) in [6.07, 6.45) is 0. The monoisotopic (exact) mass is 384 g/mol. The second kappa shape index (κ2) is 7.07. The average Bonchev–Trinajstić information content (AvgIpc) is 3.06. The number of halogens is 2. The van der Waals surface area contributed by atoms with Crippen LogP contribution in [-0.2, 0) is 0 Å². The van der Waals surface area contributed by atoms with Crippen molar-refractivity contribution in [2.45, 2.75) is 6.92 Å². The first-order chi connectivity index (χ1) is 13.5. The fraction of sp³-hybridized carbons (Fsp3) is 0.238. The van der Waals surface area contributed by atoms with Crippen LogP contribution in [0.15, 0.2) is 46.9 Å². The zero-order valence-corrected chi connectivity index (χ0v) is 15.2. The summed E-state index contributed by atoms with van der Waals surface area (Å²) >= 11 is 0. The first-order valence-corrected chi connectivity index (χ1v) is 8.97. The van der Waals surface area contributed by atoms with Crippen LogP contribution in [0.5, 0.6) is 0 Å². The number of para-hydroxylation sites is 1. The SMILES string of the molecule is Cc1c(C(=O)N2CCN(C(=O)c3ccc(F)cc3)CC2)oc2c(F)cccc12. The summed E-state index contributed by atoms with van der Waals surface area (Å²) in [5.41, 5.74) is 1.09. The van der Waals surface area contributed by atoms with Gasteiger partial charge in [0.05, 0.1) is 0 Å². The molecule has 0 radical (unpaired) electrons. The van der Waals surface area contributed by atoms with Gasteiger partial charge in [-0.25, -0.2) is 8.78 Å². The summed E-state index contributed by atoms with van der Waals surface area (Å²) in [4.78, 5) is 28.6. The number of aryl methyl sites for hydroxylation is 1. The summed E-state index contributed by atoms with van der Waals surface area (Å²) in [6, 6.07) is 9.97. The van der Waals surface area contributed by atoms with Gasteiger partial charge in [-0.15, -0.1) is 0 Å². The number of benzene rings is 2. The molecule has 2 amide bonds. The van der Waals surface area contributed by atoms with Gasteiger partial charge in [-0.05, 0) is 37.3 Å². The van der Waals surface area contributed by atoms with E-state index in [1.165, 1.54) is 30.3 Å². The summed E-state index contributed by atoms with van der Waals surface area (Å²) in [7, 11) is 0. The van der Waals surface area contributed by atoms with Gasteiger partial charge in [-0.1, -0.05) is 12.1 Å². The van der Waals surface area contributed by atoms with Gasteiger partial charge in [0, 0.05) is 42.7 Å². The molecule has 2 aromatic carbocycles. The van der Waals surface area contributed by atoms with Crippen molar-refractivity contribution >= 4 is 22.8 Å². The minimum absolute atomic E-state index is 0.0773. The van der Waals surface area contributed by atoms with Crippen LogP contribution in [0, 0.1) is 18.6 Å². The van der Waals surface area contributed by atoms with E-state index in [2.05, 4.69) is 0 Å². The molecular formula is C21H18F2N2O3. The highest BCUT2D eigenvalue weighted by Crippen LogP contribution is 2.28. The van der Waals surface area contributed by atoms with Crippen molar-refractivity contribution in [1.29, 1.82) is 0 Å². The molecule has 1 fully saturated rings. The number of furan rings is 1. The highest BCUT2D eigenvalue weighted by atomic mass is 19.1. The summed E-state index contributed by atoms with van der Waals surface area (Å²) < 4.78 is 32.5. The predicted octanol–water partition coefficient (Wildman–Crippen LogP) is 3.62. The second-order valence-electron chi connectivity index (χ2n) is 6.76. The Labute approximate surface area is 160 Å². The van der Waals surface area contributed by atoms with Crippen LogP contribution in [-0.4, -0.2) is 47.8 Å². The normalized spacial score (nSPS) is 14.5. The smallest absolute Gasteiger partial charge is 0.290 e. The lowest BCUT2D eigenvalue weighted by atomic mass is 10.1. The van der Waals surface area contributed by atoms with Gasteiger partial charge >= 0.3 is 0 Å². The number of hydrogen-bond donors (Lipinski definition) is 0. The Balaban J connectivity index is 1.47. The van der Waals surface area contributed by atoms with E-state index in [0.717, 1.165) is 0 Å². The van der Waals surface area contributed by atoms with Crippen LogP contribution < -0.4 is 0 Å². The van der Waals surface area contributed by atoms with Crippen molar-refractivity contribution in [3.63, 3.8) is 0 Å². The van der Waals surface area contributed by atoms with Crippen molar-refractivity contribution in [1.82, 2.24) is 9.80 Å². The van der Waals surface area contributed by atoms with E-state index in [1.54, 1.807) is 28.9 Å². The number of carbonyl (C=O) groups excluding carboxylic acids is 2. The number of rotatable bonds is 2. The molecule has 7 heteroatoms. The van der Waals surface area contributed by atoms with Gasteiger partial charge in [0.25, 0.3) is 11.8 Å². The molecule has 0 unspecified atom stereocenters. The Kier molecular flexibility index (Phi) is 4.58. The highest BCUT2D eigenvalue weighted by molar-refractivity contribution is 5.99. The molecule has 0 spiro atoms. The number of hydrogen-bond acceptors (Lipinski definition) is 3. The van der Waals surface area contributed by atoms with Gasteiger partial charge in [0.2, 0.25) is 0 Å². The van der Waals surface area contributed by atoms with E-state index < -0.39 is 11.6 Å². The second-order valence-corrected chi connectivity index (χ2v) is 6.76. The number of piperazine rings is 1. The highest BCUT2D eigenvalue weighted by Gasteiger charge is 2.29. The van der Waals surface area contributed by atoms with Gasteiger partial charge in [-0.3, -0.25) is 9.59 Å². The van der Waals surface area contributed by atoms with E-state index in [9.17, 15) is 18.4 Å². The topological polar surface area (TPSA) is 53.8 Å². The minimum atomic E-state index is -0.505. The molecule has 1 aliphatic heterocycles. The minimum Gasteiger partial charge on any atom is -0.448 e. The van der Waals surface area contributed by atoms with E-state index in [4.69, 9.17) is 4.42 Å². The molecule has 0 aliphatic carbocycles. The number of amides is 2. The lowest BCUT2D eigenvalue weighted by molar-refractivity contribution is 0.0518. The van der Waals surface area contributed by atoms with Gasteiger partial charge in [-0.2, -0.15) is 0 Å². The number of carbonyl (C=O) groups is 2. The Bertz CT molecular complexity index is 1050. The summed E-state index contributed by atoms with van der Waals surface area (Å²) in [5, 5.41) is 0.577. The van der Waals surface area contributed by atoms with E-state index in [-0.39, 0.29) is 23.2 Å². The molecule has 1 aliphatic rings. The Morgan fingerprint density at radius 2 is 1.50 bits per heavy atom. The van der Waals surface area contributed by atoms with Crippen LogP contribution in [0.2, 0.25) is 0 Å². The van der Waals surface area contributed by atoms with Crippen LogP contribution >= 0.6 is 0 Å². The summed E-state index contributed by atoms with van der Waals surface area (Å²) in [5.74, 6) is -1.30. The molecule has 1 aromatic heterocycles. The lowest BCUT2D eigenvalue weighted by Crippen LogP contribution is -2.50. The zero-order valence-electron chi connectivity index (χ0n) is 15.2. The maximum absolute atomic E-state index is 13.9. The molecule has 0 bridgehead atoms. The quantitative estimate of drug-likeness (QED) is 0.678. The first kappa shape index (κ1) is 18.2. The molecule has 2 heterocycles. The molecule has 5 nitrogen and oxygen atoms in total. The molecular weight excluding hydrogens is 366 g/mol. The van der Waals surface area contributed by atoms with Crippen molar-refractivity contribution in [2.75, 3.05) is 26.2 Å². The van der Waals surface area contributed by atoms with Gasteiger partial charge < -0.3 is 14.2 Å². The molecule has 0 N–H and O–H groups in total. The van der Waals surface area contributed by atoms with Crippen LogP contribution in [0.25, 0.3) is 11.0 Å². The lowest BCUT2D eigenvalue weighted by Gasteiger charge is -2.34. The van der Waals surface area contributed by atoms with E-state index in [1.807, 2.05) is 0 Å². The van der Waals surface area contributed by atoms with Crippen molar-refractivity contribution in [3.8, 4) is 0 Å².